The lowest BCUT2D eigenvalue weighted by Gasteiger charge is -2.07. The molecule has 0 aliphatic heterocycles. The molecule has 0 aromatic heterocycles. The van der Waals surface area contributed by atoms with Gasteiger partial charge in [-0.2, -0.15) is 0 Å². The monoisotopic (exact) mass is 334 g/mol. The van der Waals surface area contributed by atoms with E-state index < -0.39 is 0 Å². The van der Waals surface area contributed by atoms with Crippen molar-refractivity contribution in [1.29, 1.82) is 0 Å². The molecule has 0 radical (unpaired) electrons. The van der Waals surface area contributed by atoms with E-state index in [1.54, 1.807) is 12.1 Å². The van der Waals surface area contributed by atoms with Crippen LogP contribution in [-0.2, 0) is 6.42 Å². The minimum absolute atomic E-state index is 0.0295. The summed E-state index contributed by atoms with van der Waals surface area (Å²) >= 11 is 3.27. The van der Waals surface area contributed by atoms with Gasteiger partial charge in [-0.05, 0) is 42.3 Å². The van der Waals surface area contributed by atoms with E-state index in [0.717, 1.165) is 15.7 Å². The smallest absolute Gasteiger partial charge is 0.255 e. The highest BCUT2D eigenvalue weighted by Crippen LogP contribution is 2.21. The SMILES string of the molecule is Nc1ccc(CCNC(=O)c2cc(Br)ccc2O)cc1. The number of benzene rings is 2. The summed E-state index contributed by atoms with van der Waals surface area (Å²) in [6.45, 7) is 0.495. The van der Waals surface area contributed by atoms with E-state index in [2.05, 4.69) is 21.2 Å². The number of hydrogen-bond donors (Lipinski definition) is 3. The molecule has 0 spiro atoms. The van der Waals surface area contributed by atoms with Crippen molar-refractivity contribution in [2.24, 2.45) is 0 Å². The van der Waals surface area contributed by atoms with Crippen molar-refractivity contribution in [2.45, 2.75) is 6.42 Å². The predicted octanol–water partition coefficient (Wildman–Crippen LogP) is 2.71. The Morgan fingerprint density at radius 3 is 2.60 bits per heavy atom. The van der Waals surface area contributed by atoms with Crippen LogP contribution in [0.15, 0.2) is 46.9 Å². The Hall–Kier alpha value is -2.01. The molecule has 0 saturated heterocycles. The minimum Gasteiger partial charge on any atom is -0.507 e. The second-order valence-electron chi connectivity index (χ2n) is 4.41. The Morgan fingerprint density at radius 2 is 1.90 bits per heavy atom. The number of phenolic OH excluding ortho intramolecular Hbond substituents is 1. The van der Waals surface area contributed by atoms with E-state index in [-0.39, 0.29) is 17.2 Å². The molecule has 4 nitrogen and oxygen atoms in total. The zero-order valence-electron chi connectivity index (χ0n) is 10.8. The van der Waals surface area contributed by atoms with Gasteiger partial charge in [-0.3, -0.25) is 4.79 Å². The number of hydrogen-bond acceptors (Lipinski definition) is 3. The molecule has 0 aliphatic rings. The molecule has 0 heterocycles. The molecule has 0 bridgehead atoms. The third-order valence-corrected chi connectivity index (χ3v) is 3.38. The van der Waals surface area contributed by atoms with E-state index in [9.17, 15) is 9.90 Å². The van der Waals surface area contributed by atoms with Crippen molar-refractivity contribution in [3.05, 3.63) is 58.1 Å². The summed E-state index contributed by atoms with van der Waals surface area (Å²) in [4.78, 5) is 12.0. The summed E-state index contributed by atoms with van der Waals surface area (Å²) in [5.41, 5.74) is 7.68. The molecule has 0 atom stereocenters. The molecule has 2 aromatic rings. The summed E-state index contributed by atoms with van der Waals surface area (Å²) in [7, 11) is 0. The number of anilines is 1. The van der Waals surface area contributed by atoms with Gasteiger partial charge in [0, 0.05) is 16.7 Å². The van der Waals surface area contributed by atoms with Gasteiger partial charge in [-0.1, -0.05) is 28.1 Å². The highest BCUT2D eigenvalue weighted by Gasteiger charge is 2.10. The molecule has 5 heteroatoms. The van der Waals surface area contributed by atoms with Crippen molar-refractivity contribution in [2.75, 3.05) is 12.3 Å². The number of nitrogens with two attached hydrogens (primary N) is 1. The van der Waals surface area contributed by atoms with Gasteiger partial charge in [0.1, 0.15) is 5.75 Å². The number of halogens is 1. The largest absolute Gasteiger partial charge is 0.507 e. The van der Waals surface area contributed by atoms with E-state index in [4.69, 9.17) is 5.73 Å². The fourth-order valence-corrected chi connectivity index (χ4v) is 2.15. The summed E-state index contributed by atoms with van der Waals surface area (Å²) in [6, 6.07) is 12.3. The van der Waals surface area contributed by atoms with Crippen LogP contribution in [-0.4, -0.2) is 17.6 Å². The maximum atomic E-state index is 12.0. The summed E-state index contributed by atoms with van der Waals surface area (Å²) in [5.74, 6) is -0.322. The van der Waals surface area contributed by atoms with Crippen molar-refractivity contribution in [3.8, 4) is 5.75 Å². The van der Waals surface area contributed by atoms with Gasteiger partial charge in [0.2, 0.25) is 0 Å². The first-order valence-corrected chi connectivity index (χ1v) is 6.96. The average molecular weight is 335 g/mol. The van der Waals surface area contributed by atoms with Crippen LogP contribution in [0.5, 0.6) is 5.75 Å². The number of nitrogens with one attached hydrogen (secondary N) is 1. The molecule has 2 rings (SSSR count). The highest BCUT2D eigenvalue weighted by molar-refractivity contribution is 9.10. The number of rotatable bonds is 4. The quantitative estimate of drug-likeness (QED) is 0.752. The summed E-state index contributed by atoms with van der Waals surface area (Å²) in [5, 5.41) is 12.4. The molecule has 0 fully saturated rings. The highest BCUT2D eigenvalue weighted by atomic mass is 79.9. The van der Waals surface area contributed by atoms with Crippen molar-refractivity contribution >= 4 is 27.5 Å². The second-order valence-corrected chi connectivity index (χ2v) is 5.32. The Kier molecular flexibility index (Phi) is 4.63. The van der Waals surface area contributed by atoms with Crippen LogP contribution in [0.2, 0.25) is 0 Å². The van der Waals surface area contributed by atoms with Gasteiger partial charge < -0.3 is 16.2 Å². The molecular weight excluding hydrogens is 320 g/mol. The van der Waals surface area contributed by atoms with Gasteiger partial charge in [-0.25, -0.2) is 0 Å². The van der Waals surface area contributed by atoms with Crippen molar-refractivity contribution < 1.29 is 9.90 Å². The lowest BCUT2D eigenvalue weighted by molar-refractivity contribution is 0.0951. The first-order valence-electron chi connectivity index (χ1n) is 6.17. The van der Waals surface area contributed by atoms with Crippen LogP contribution in [0, 0.1) is 0 Å². The van der Waals surface area contributed by atoms with Gasteiger partial charge in [0.25, 0.3) is 5.91 Å². The number of amides is 1. The molecule has 0 aliphatic carbocycles. The maximum absolute atomic E-state index is 12.0. The fraction of sp³-hybridized carbons (Fsp3) is 0.133. The summed E-state index contributed by atoms with van der Waals surface area (Å²) < 4.78 is 0.749. The maximum Gasteiger partial charge on any atom is 0.255 e. The summed E-state index contributed by atoms with van der Waals surface area (Å²) in [6.07, 6.45) is 0.709. The van der Waals surface area contributed by atoms with Crippen LogP contribution < -0.4 is 11.1 Å². The van der Waals surface area contributed by atoms with Crippen LogP contribution in [0.3, 0.4) is 0 Å². The Balaban J connectivity index is 1.92. The minimum atomic E-state index is -0.292. The van der Waals surface area contributed by atoms with Crippen molar-refractivity contribution in [3.63, 3.8) is 0 Å². The molecule has 4 N–H and O–H groups in total. The second kappa shape index (κ2) is 6.43. The predicted molar refractivity (Wildman–Crippen MR) is 82.7 cm³/mol. The molecule has 0 saturated carbocycles. The number of phenols is 1. The number of carbonyl (C=O) groups excluding carboxylic acids is 1. The number of nitrogen functional groups attached to an aromatic ring is 1. The van der Waals surface area contributed by atoms with Crippen molar-refractivity contribution in [1.82, 2.24) is 5.32 Å². The van der Waals surface area contributed by atoms with E-state index >= 15 is 0 Å². The molecule has 0 unspecified atom stereocenters. The Morgan fingerprint density at radius 1 is 1.20 bits per heavy atom. The normalized spacial score (nSPS) is 10.2. The lowest BCUT2D eigenvalue weighted by Crippen LogP contribution is -2.25. The van der Waals surface area contributed by atoms with Crippen LogP contribution >= 0.6 is 15.9 Å². The van der Waals surface area contributed by atoms with Gasteiger partial charge in [0.15, 0.2) is 0 Å². The topological polar surface area (TPSA) is 75.3 Å². The molecule has 104 valence electrons. The zero-order valence-corrected chi connectivity index (χ0v) is 12.4. The first-order chi connectivity index (χ1) is 9.56. The first kappa shape index (κ1) is 14.4. The zero-order chi connectivity index (χ0) is 14.5. The third kappa shape index (κ3) is 3.74. The number of carbonyl (C=O) groups is 1. The van der Waals surface area contributed by atoms with E-state index in [1.807, 2.05) is 24.3 Å². The number of aromatic hydroxyl groups is 1. The van der Waals surface area contributed by atoms with Crippen LogP contribution in [0.25, 0.3) is 0 Å². The molecule has 2 aromatic carbocycles. The molecule has 20 heavy (non-hydrogen) atoms. The fourth-order valence-electron chi connectivity index (χ4n) is 1.79. The van der Waals surface area contributed by atoms with E-state index in [1.165, 1.54) is 6.07 Å². The molecular formula is C15H15BrN2O2. The third-order valence-electron chi connectivity index (χ3n) is 2.88. The lowest BCUT2D eigenvalue weighted by atomic mass is 10.1. The molecule has 1 amide bonds. The van der Waals surface area contributed by atoms with Gasteiger partial charge >= 0.3 is 0 Å². The van der Waals surface area contributed by atoms with E-state index in [0.29, 0.717) is 13.0 Å². The average Bonchev–Trinajstić information content (AvgIpc) is 2.43. The van der Waals surface area contributed by atoms with Crippen LogP contribution in [0.1, 0.15) is 15.9 Å². The standard InChI is InChI=1S/C15H15BrN2O2/c16-11-3-6-14(19)13(9-11)15(20)18-8-7-10-1-4-12(17)5-2-10/h1-6,9,19H,7-8,17H2,(H,18,20). The Bertz CT molecular complexity index is 612. The van der Waals surface area contributed by atoms with Gasteiger partial charge in [0.05, 0.1) is 5.56 Å². The van der Waals surface area contributed by atoms with Gasteiger partial charge in [-0.15, -0.1) is 0 Å². The Labute approximate surface area is 125 Å². The van der Waals surface area contributed by atoms with Crippen LogP contribution in [0.4, 0.5) is 5.69 Å².